The summed E-state index contributed by atoms with van der Waals surface area (Å²) in [5.41, 5.74) is -0.479. The molecular weight excluding hydrogens is 270 g/mol. The molecule has 0 saturated carbocycles. The average molecular weight is 289 g/mol. The van der Waals surface area contributed by atoms with E-state index in [0.717, 1.165) is 11.3 Å². The van der Waals surface area contributed by atoms with Gasteiger partial charge in [0.15, 0.2) is 0 Å². The Hall–Kier alpha value is -0.430. The van der Waals surface area contributed by atoms with Crippen molar-refractivity contribution in [2.75, 3.05) is 19.8 Å². The number of rotatable bonds is 3. The molecule has 0 unspecified atom stereocenters. The van der Waals surface area contributed by atoms with Gasteiger partial charge in [-0.05, 0) is 32.4 Å². The summed E-state index contributed by atoms with van der Waals surface area (Å²) in [4.78, 5) is 1.10. The maximum absolute atomic E-state index is 12.6. The highest BCUT2D eigenvalue weighted by atomic mass is 32.2. The second-order valence-corrected chi connectivity index (χ2v) is 8.27. The molecule has 2 rings (SSSR count). The van der Waals surface area contributed by atoms with Crippen LogP contribution >= 0.6 is 11.3 Å². The lowest BCUT2D eigenvalue weighted by atomic mass is 10.1. The highest BCUT2D eigenvalue weighted by molar-refractivity contribution is 7.91. The first-order chi connectivity index (χ1) is 8.38. The highest BCUT2D eigenvalue weighted by Gasteiger charge is 2.40. The molecule has 1 aliphatic rings. The standard InChI is InChI=1S/C12H19NO3S2/c1-4-10-5-6-11(17-10)18(14,15)13-7-8-16-9-12(13,2)3/h5-6H,4,7-9H2,1-3H3. The van der Waals surface area contributed by atoms with Gasteiger partial charge < -0.3 is 4.74 Å². The SMILES string of the molecule is CCc1ccc(S(=O)(=O)N2CCOCC2(C)C)s1. The van der Waals surface area contributed by atoms with E-state index in [9.17, 15) is 8.42 Å². The number of sulfonamides is 1. The summed E-state index contributed by atoms with van der Waals surface area (Å²) in [6.45, 7) is 7.17. The number of ether oxygens (including phenoxy) is 1. The quantitative estimate of drug-likeness (QED) is 0.856. The Morgan fingerprint density at radius 1 is 1.44 bits per heavy atom. The summed E-state index contributed by atoms with van der Waals surface area (Å²) in [5.74, 6) is 0. The third-order valence-corrected chi connectivity index (χ3v) is 6.91. The maximum atomic E-state index is 12.6. The number of hydrogen-bond donors (Lipinski definition) is 0. The van der Waals surface area contributed by atoms with Crippen molar-refractivity contribution in [3.05, 3.63) is 17.0 Å². The highest BCUT2D eigenvalue weighted by Crippen LogP contribution is 2.31. The molecule has 0 bridgehead atoms. The van der Waals surface area contributed by atoms with Gasteiger partial charge in [-0.25, -0.2) is 8.42 Å². The molecule has 0 amide bonds. The predicted octanol–water partition coefficient (Wildman–Crippen LogP) is 2.11. The van der Waals surface area contributed by atoms with Crippen LogP contribution in [0.4, 0.5) is 0 Å². The van der Waals surface area contributed by atoms with Crippen molar-refractivity contribution in [1.82, 2.24) is 4.31 Å². The summed E-state index contributed by atoms with van der Waals surface area (Å²) in [6, 6.07) is 3.61. The number of morpholine rings is 1. The number of aryl methyl sites for hydroxylation is 1. The third kappa shape index (κ3) is 2.47. The molecule has 0 aliphatic carbocycles. The molecule has 2 heterocycles. The number of thiophene rings is 1. The molecule has 102 valence electrons. The van der Waals surface area contributed by atoms with Crippen LogP contribution in [0.3, 0.4) is 0 Å². The maximum Gasteiger partial charge on any atom is 0.253 e. The predicted molar refractivity (Wildman–Crippen MR) is 72.5 cm³/mol. The van der Waals surface area contributed by atoms with E-state index in [1.54, 1.807) is 10.4 Å². The summed E-state index contributed by atoms with van der Waals surface area (Å²) in [7, 11) is -3.39. The minimum Gasteiger partial charge on any atom is -0.378 e. The Morgan fingerprint density at radius 2 is 2.17 bits per heavy atom. The van der Waals surface area contributed by atoms with Crippen LogP contribution in [0.5, 0.6) is 0 Å². The van der Waals surface area contributed by atoms with E-state index in [2.05, 4.69) is 0 Å². The molecular formula is C12H19NO3S2. The minimum atomic E-state index is -3.39. The third-order valence-electron chi connectivity index (χ3n) is 3.10. The Morgan fingerprint density at radius 3 is 2.72 bits per heavy atom. The minimum absolute atomic E-state index is 0.425. The molecule has 4 nitrogen and oxygen atoms in total. The molecule has 0 N–H and O–H groups in total. The summed E-state index contributed by atoms with van der Waals surface area (Å²) in [5, 5.41) is 0. The lowest BCUT2D eigenvalue weighted by molar-refractivity contribution is -0.00761. The van der Waals surface area contributed by atoms with Gasteiger partial charge in [-0.15, -0.1) is 11.3 Å². The summed E-state index contributed by atoms with van der Waals surface area (Å²) in [6.07, 6.45) is 0.868. The molecule has 0 radical (unpaired) electrons. The van der Waals surface area contributed by atoms with Crippen molar-refractivity contribution in [2.24, 2.45) is 0 Å². The average Bonchev–Trinajstić information content (AvgIpc) is 2.77. The Balaban J connectivity index is 2.35. The van der Waals surface area contributed by atoms with E-state index in [-0.39, 0.29) is 0 Å². The first-order valence-electron chi connectivity index (χ1n) is 6.07. The van der Waals surface area contributed by atoms with E-state index in [4.69, 9.17) is 4.74 Å². The summed E-state index contributed by atoms with van der Waals surface area (Å²) >= 11 is 1.36. The number of hydrogen-bond acceptors (Lipinski definition) is 4. The molecule has 1 aromatic heterocycles. The van der Waals surface area contributed by atoms with Crippen molar-refractivity contribution in [3.8, 4) is 0 Å². The first-order valence-corrected chi connectivity index (χ1v) is 8.33. The van der Waals surface area contributed by atoms with Gasteiger partial charge in [0.25, 0.3) is 10.0 Å². The van der Waals surface area contributed by atoms with E-state index in [1.807, 2.05) is 26.8 Å². The van der Waals surface area contributed by atoms with Crippen molar-refractivity contribution in [3.63, 3.8) is 0 Å². The van der Waals surface area contributed by atoms with E-state index < -0.39 is 15.6 Å². The molecule has 1 aromatic rings. The van der Waals surface area contributed by atoms with Gasteiger partial charge in [0.05, 0.1) is 18.8 Å². The van der Waals surface area contributed by atoms with Gasteiger partial charge in [0, 0.05) is 11.4 Å². The molecule has 1 aliphatic heterocycles. The number of nitrogens with zero attached hydrogens (tertiary/aromatic N) is 1. The zero-order valence-electron chi connectivity index (χ0n) is 11.0. The van der Waals surface area contributed by atoms with Crippen LogP contribution in [0.2, 0.25) is 0 Å². The normalized spacial score (nSPS) is 21.1. The van der Waals surface area contributed by atoms with E-state index in [0.29, 0.717) is 24.0 Å². The fraction of sp³-hybridized carbons (Fsp3) is 0.667. The Kier molecular flexibility index (Phi) is 3.82. The Bertz CT molecular complexity index is 519. The van der Waals surface area contributed by atoms with Crippen LogP contribution in [0.25, 0.3) is 0 Å². The molecule has 1 saturated heterocycles. The van der Waals surface area contributed by atoms with E-state index in [1.165, 1.54) is 11.3 Å². The molecule has 0 aromatic carbocycles. The second-order valence-electron chi connectivity index (χ2n) is 5.02. The zero-order chi connectivity index (χ0) is 13.4. The fourth-order valence-corrected chi connectivity index (χ4v) is 5.25. The van der Waals surface area contributed by atoms with Crippen molar-refractivity contribution >= 4 is 21.4 Å². The van der Waals surface area contributed by atoms with Crippen LogP contribution in [0.15, 0.2) is 16.3 Å². The lowest BCUT2D eigenvalue weighted by Gasteiger charge is -2.40. The first kappa shape index (κ1) is 14.0. The van der Waals surface area contributed by atoms with Gasteiger partial charge in [-0.1, -0.05) is 6.92 Å². The Labute approximate surface area is 113 Å². The van der Waals surface area contributed by atoms with Crippen LogP contribution in [0, 0.1) is 0 Å². The topological polar surface area (TPSA) is 46.6 Å². The fourth-order valence-electron chi connectivity index (χ4n) is 2.09. The molecule has 1 fully saturated rings. The van der Waals surface area contributed by atoms with Crippen LogP contribution in [-0.4, -0.2) is 38.0 Å². The lowest BCUT2D eigenvalue weighted by Crippen LogP contribution is -2.55. The summed E-state index contributed by atoms with van der Waals surface area (Å²) < 4.78 is 32.6. The van der Waals surface area contributed by atoms with Crippen LogP contribution < -0.4 is 0 Å². The molecule has 18 heavy (non-hydrogen) atoms. The smallest absolute Gasteiger partial charge is 0.253 e. The van der Waals surface area contributed by atoms with Crippen molar-refractivity contribution < 1.29 is 13.2 Å². The van der Waals surface area contributed by atoms with Gasteiger partial charge in [0.1, 0.15) is 4.21 Å². The second kappa shape index (κ2) is 4.92. The van der Waals surface area contributed by atoms with Gasteiger partial charge in [0.2, 0.25) is 0 Å². The molecule has 6 heteroatoms. The van der Waals surface area contributed by atoms with Gasteiger partial charge in [-0.2, -0.15) is 4.31 Å². The van der Waals surface area contributed by atoms with Gasteiger partial charge in [-0.3, -0.25) is 0 Å². The van der Waals surface area contributed by atoms with Crippen LogP contribution in [-0.2, 0) is 21.2 Å². The zero-order valence-corrected chi connectivity index (χ0v) is 12.6. The van der Waals surface area contributed by atoms with Crippen molar-refractivity contribution in [1.29, 1.82) is 0 Å². The van der Waals surface area contributed by atoms with Gasteiger partial charge >= 0.3 is 0 Å². The van der Waals surface area contributed by atoms with Crippen LogP contribution in [0.1, 0.15) is 25.6 Å². The largest absolute Gasteiger partial charge is 0.378 e. The van der Waals surface area contributed by atoms with Crippen molar-refractivity contribution in [2.45, 2.75) is 36.9 Å². The van der Waals surface area contributed by atoms with E-state index >= 15 is 0 Å². The monoisotopic (exact) mass is 289 g/mol. The molecule has 0 atom stereocenters. The molecule has 0 spiro atoms.